The summed E-state index contributed by atoms with van der Waals surface area (Å²) in [6.45, 7) is 2.69. The van der Waals surface area contributed by atoms with E-state index in [4.69, 9.17) is 0 Å². The van der Waals surface area contributed by atoms with Crippen LogP contribution in [0.3, 0.4) is 0 Å². The van der Waals surface area contributed by atoms with Gasteiger partial charge in [0.15, 0.2) is 0 Å². The van der Waals surface area contributed by atoms with Gasteiger partial charge in [0.1, 0.15) is 5.82 Å². The number of nitrogens with one attached hydrogen (secondary N) is 2. The largest absolute Gasteiger partial charge is 0.346 e. The van der Waals surface area contributed by atoms with Crippen molar-refractivity contribution >= 4 is 28.5 Å². The van der Waals surface area contributed by atoms with Crippen molar-refractivity contribution < 1.29 is 9.59 Å². The number of fused-ring (bicyclic) bond motifs is 1. The third kappa shape index (κ3) is 3.69. The van der Waals surface area contributed by atoms with Gasteiger partial charge in [0.2, 0.25) is 11.8 Å². The van der Waals surface area contributed by atoms with Gasteiger partial charge in [-0.25, -0.2) is 4.98 Å². The van der Waals surface area contributed by atoms with Gasteiger partial charge in [-0.05, 0) is 43.2 Å². The standard InChI is InChI=1S/C21H22N4O2/c1-14(21-23-17-5-2-3-6-18(17)24-21)22-19(26)13-15-8-10-16(11-9-15)25-12-4-7-20(25)27/h2-3,5-6,8-11,14H,4,7,12-13H2,1H3,(H,22,26)(H,23,24)/t14-/m0/s1. The zero-order valence-corrected chi connectivity index (χ0v) is 15.2. The highest BCUT2D eigenvalue weighted by Crippen LogP contribution is 2.22. The minimum absolute atomic E-state index is 0.0621. The van der Waals surface area contributed by atoms with Crippen LogP contribution in [0.4, 0.5) is 5.69 Å². The van der Waals surface area contributed by atoms with Crippen molar-refractivity contribution in [2.24, 2.45) is 0 Å². The summed E-state index contributed by atoms with van der Waals surface area (Å²) >= 11 is 0. The van der Waals surface area contributed by atoms with Crippen molar-refractivity contribution in [3.63, 3.8) is 0 Å². The minimum Gasteiger partial charge on any atom is -0.346 e. The van der Waals surface area contributed by atoms with Crippen LogP contribution in [0.2, 0.25) is 0 Å². The Kier molecular flexibility index (Phi) is 4.62. The number of aromatic nitrogens is 2. The zero-order valence-electron chi connectivity index (χ0n) is 15.2. The molecule has 1 aliphatic rings. The van der Waals surface area contributed by atoms with E-state index in [0.29, 0.717) is 12.8 Å². The van der Waals surface area contributed by atoms with E-state index >= 15 is 0 Å². The number of hydrogen-bond donors (Lipinski definition) is 2. The van der Waals surface area contributed by atoms with Gasteiger partial charge >= 0.3 is 0 Å². The van der Waals surface area contributed by atoms with E-state index in [0.717, 1.165) is 41.1 Å². The molecule has 27 heavy (non-hydrogen) atoms. The van der Waals surface area contributed by atoms with E-state index in [-0.39, 0.29) is 17.9 Å². The number of imidazole rings is 1. The Bertz CT molecular complexity index is 944. The van der Waals surface area contributed by atoms with E-state index in [9.17, 15) is 9.59 Å². The summed E-state index contributed by atoms with van der Waals surface area (Å²) in [6.07, 6.45) is 1.81. The number of H-pyrrole nitrogens is 1. The molecule has 4 rings (SSSR count). The van der Waals surface area contributed by atoms with Crippen molar-refractivity contribution in [1.29, 1.82) is 0 Å². The molecule has 1 atom stereocenters. The lowest BCUT2D eigenvalue weighted by atomic mass is 10.1. The molecular formula is C21H22N4O2. The maximum atomic E-state index is 12.4. The Morgan fingerprint density at radius 3 is 2.70 bits per heavy atom. The van der Waals surface area contributed by atoms with Gasteiger partial charge in [-0.2, -0.15) is 0 Å². The summed E-state index contributed by atoms with van der Waals surface area (Å²) in [5.74, 6) is 0.848. The van der Waals surface area contributed by atoms with Gasteiger partial charge in [-0.3, -0.25) is 9.59 Å². The highest BCUT2D eigenvalue weighted by atomic mass is 16.2. The molecule has 0 unspecified atom stereocenters. The van der Waals surface area contributed by atoms with E-state index in [1.165, 1.54) is 0 Å². The quantitative estimate of drug-likeness (QED) is 0.732. The minimum atomic E-state index is -0.202. The number of nitrogens with zero attached hydrogens (tertiary/aromatic N) is 2. The van der Waals surface area contributed by atoms with Crippen LogP contribution in [-0.4, -0.2) is 28.3 Å². The third-order valence-electron chi connectivity index (χ3n) is 4.88. The second kappa shape index (κ2) is 7.23. The SMILES string of the molecule is C[C@H](NC(=O)Cc1ccc(N2CCCC2=O)cc1)c1nc2ccccc2[nH]1. The summed E-state index contributed by atoms with van der Waals surface area (Å²) in [7, 11) is 0. The molecular weight excluding hydrogens is 340 g/mol. The maximum Gasteiger partial charge on any atom is 0.227 e. The number of rotatable bonds is 5. The summed E-state index contributed by atoms with van der Waals surface area (Å²) in [4.78, 5) is 33.8. The molecule has 1 saturated heterocycles. The number of carbonyl (C=O) groups excluding carboxylic acids is 2. The fourth-order valence-electron chi connectivity index (χ4n) is 3.44. The lowest BCUT2D eigenvalue weighted by Crippen LogP contribution is -2.28. The maximum absolute atomic E-state index is 12.4. The van der Waals surface area contributed by atoms with E-state index in [1.807, 2.05) is 55.5 Å². The Balaban J connectivity index is 1.37. The van der Waals surface area contributed by atoms with Crippen LogP contribution < -0.4 is 10.2 Å². The summed E-state index contributed by atoms with van der Waals surface area (Å²) in [6, 6.07) is 15.2. The van der Waals surface area contributed by atoms with Crippen molar-refractivity contribution in [3.8, 4) is 0 Å². The van der Waals surface area contributed by atoms with Gasteiger partial charge in [0, 0.05) is 18.7 Å². The number of benzene rings is 2. The second-order valence-electron chi connectivity index (χ2n) is 6.92. The molecule has 2 heterocycles. The van der Waals surface area contributed by atoms with Gasteiger partial charge in [0.05, 0.1) is 23.5 Å². The second-order valence-corrected chi connectivity index (χ2v) is 6.92. The van der Waals surface area contributed by atoms with Crippen LogP contribution in [0.5, 0.6) is 0 Å². The highest BCUT2D eigenvalue weighted by Gasteiger charge is 2.21. The number of amides is 2. The first-order chi connectivity index (χ1) is 13.1. The average Bonchev–Trinajstić information content (AvgIpc) is 3.28. The van der Waals surface area contributed by atoms with Crippen LogP contribution in [0, 0.1) is 0 Å². The number of carbonyl (C=O) groups is 2. The molecule has 3 aromatic rings. The predicted octanol–water partition coefficient (Wildman–Crippen LogP) is 3.11. The summed E-state index contributed by atoms with van der Waals surface area (Å²) in [5.41, 5.74) is 3.67. The summed E-state index contributed by atoms with van der Waals surface area (Å²) in [5, 5.41) is 2.99. The van der Waals surface area contributed by atoms with E-state index in [1.54, 1.807) is 4.90 Å². The summed E-state index contributed by atoms with van der Waals surface area (Å²) < 4.78 is 0. The van der Waals surface area contributed by atoms with Gasteiger partial charge in [-0.15, -0.1) is 0 Å². The number of aromatic amines is 1. The van der Waals surface area contributed by atoms with Gasteiger partial charge < -0.3 is 15.2 Å². The molecule has 6 heteroatoms. The number of para-hydroxylation sites is 2. The van der Waals surface area contributed by atoms with E-state index < -0.39 is 0 Å². The van der Waals surface area contributed by atoms with Crippen LogP contribution >= 0.6 is 0 Å². The molecule has 2 N–H and O–H groups in total. The Morgan fingerprint density at radius 2 is 2.00 bits per heavy atom. The number of anilines is 1. The lowest BCUT2D eigenvalue weighted by Gasteiger charge is -2.16. The fourth-order valence-corrected chi connectivity index (χ4v) is 3.44. The smallest absolute Gasteiger partial charge is 0.227 e. The van der Waals surface area contributed by atoms with Crippen molar-refractivity contribution in [1.82, 2.24) is 15.3 Å². The van der Waals surface area contributed by atoms with Crippen molar-refractivity contribution in [3.05, 3.63) is 59.9 Å². The molecule has 1 aromatic heterocycles. The first-order valence-electron chi connectivity index (χ1n) is 9.23. The normalized spacial score (nSPS) is 15.3. The van der Waals surface area contributed by atoms with Crippen LogP contribution in [-0.2, 0) is 16.0 Å². The lowest BCUT2D eigenvalue weighted by molar-refractivity contribution is -0.121. The average molecular weight is 362 g/mol. The van der Waals surface area contributed by atoms with Crippen LogP contribution in [0.25, 0.3) is 11.0 Å². The molecule has 0 spiro atoms. The third-order valence-corrected chi connectivity index (χ3v) is 4.88. The fraction of sp³-hybridized carbons (Fsp3) is 0.286. The van der Waals surface area contributed by atoms with Crippen molar-refractivity contribution in [2.45, 2.75) is 32.2 Å². The Hall–Kier alpha value is -3.15. The molecule has 0 aliphatic carbocycles. The molecule has 2 aromatic carbocycles. The topological polar surface area (TPSA) is 78.1 Å². The van der Waals surface area contributed by atoms with Gasteiger partial charge in [0.25, 0.3) is 0 Å². The van der Waals surface area contributed by atoms with Crippen LogP contribution in [0.15, 0.2) is 48.5 Å². The molecule has 6 nitrogen and oxygen atoms in total. The van der Waals surface area contributed by atoms with Gasteiger partial charge in [-0.1, -0.05) is 24.3 Å². The Morgan fingerprint density at radius 1 is 1.22 bits per heavy atom. The Labute approximate surface area is 157 Å². The molecule has 0 radical (unpaired) electrons. The van der Waals surface area contributed by atoms with Crippen LogP contribution in [0.1, 0.15) is 37.2 Å². The molecule has 0 saturated carbocycles. The molecule has 2 amide bonds. The molecule has 138 valence electrons. The monoisotopic (exact) mass is 362 g/mol. The predicted molar refractivity (Wildman–Crippen MR) is 104 cm³/mol. The van der Waals surface area contributed by atoms with Crippen molar-refractivity contribution in [2.75, 3.05) is 11.4 Å². The number of hydrogen-bond acceptors (Lipinski definition) is 3. The molecule has 1 fully saturated rings. The first-order valence-corrected chi connectivity index (χ1v) is 9.23. The molecule has 0 bridgehead atoms. The molecule has 1 aliphatic heterocycles. The highest BCUT2D eigenvalue weighted by molar-refractivity contribution is 5.95. The van der Waals surface area contributed by atoms with E-state index in [2.05, 4.69) is 15.3 Å². The first kappa shape index (κ1) is 17.3. The zero-order chi connectivity index (χ0) is 18.8.